The Hall–Kier alpha value is -1.52. The number of anilines is 1. The zero-order valence-corrected chi connectivity index (χ0v) is 8.18. The van der Waals surface area contributed by atoms with Crippen LogP contribution in [0.5, 0.6) is 0 Å². The third kappa shape index (κ3) is 1.34. The molecule has 14 heavy (non-hydrogen) atoms. The van der Waals surface area contributed by atoms with Gasteiger partial charge in [-0.15, -0.1) is 0 Å². The lowest BCUT2D eigenvalue weighted by molar-refractivity contribution is -0.119. The smallest absolute Gasteiger partial charge is 0.240 e. The standard InChI is InChI=1S/C9H14N4O/c1-12-8(4-5-11-12)13-6-2-3-7(13)9(10)14/h4-5,7H,2-3,6H2,1H3,(H2,10,14)/t7-/m1/s1. The summed E-state index contributed by atoms with van der Waals surface area (Å²) in [6.45, 7) is 0.882. The molecule has 5 nitrogen and oxygen atoms in total. The van der Waals surface area contributed by atoms with Gasteiger partial charge >= 0.3 is 0 Å². The number of rotatable bonds is 2. The summed E-state index contributed by atoms with van der Waals surface area (Å²) in [5, 5.41) is 4.08. The van der Waals surface area contributed by atoms with E-state index in [-0.39, 0.29) is 11.9 Å². The molecule has 2 heterocycles. The van der Waals surface area contributed by atoms with Crippen molar-refractivity contribution in [3.63, 3.8) is 0 Å². The third-order valence-corrected chi connectivity index (χ3v) is 2.67. The molecule has 0 radical (unpaired) electrons. The number of nitrogens with zero attached hydrogens (tertiary/aromatic N) is 3. The molecule has 76 valence electrons. The Kier molecular flexibility index (Phi) is 2.15. The number of aromatic nitrogens is 2. The Morgan fingerprint density at radius 1 is 1.71 bits per heavy atom. The molecule has 0 bridgehead atoms. The van der Waals surface area contributed by atoms with Gasteiger partial charge in [-0.3, -0.25) is 9.48 Å². The molecule has 2 rings (SSSR count). The van der Waals surface area contributed by atoms with Gasteiger partial charge in [-0.1, -0.05) is 0 Å². The molecule has 2 N–H and O–H groups in total. The van der Waals surface area contributed by atoms with Crippen molar-refractivity contribution in [1.29, 1.82) is 0 Å². The van der Waals surface area contributed by atoms with Crippen LogP contribution in [0.15, 0.2) is 12.3 Å². The first-order valence-corrected chi connectivity index (χ1v) is 4.74. The fraction of sp³-hybridized carbons (Fsp3) is 0.556. The van der Waals surface area contributed by atoms with Crippen LogP contribution in [0.1, 0.15) is 12.8 Å². The molecule has 1 aliphatic rings. The van der Waals surface area contributed by atoms with Crippen molar-refractivity contribution < 1.29 is 4.79 Å². The molecule has 1 amide bonds. The highest BCUT2D eigenvalue weighted by Crippen LogP contribution is 2.24. The second-order valence-corrected chi connectivity index (χ2v) is 3.57. The second kappa shape index (κ2) is 3.32. The van der Waals surface area contributed by atoms with Gasteiger partial charge in [0.25, 0.3) is 0 Å². The van der Waals surface area contributed by atoms with Crippen LogP contribution < -0.4 is 10.6 Å². The van der Waals surface area contributed by atoms with Gasteiger partial charge in [-0.25, -0.2) is 0 Å². The number of carbonyl (C=O) groups is 1. The summed E-state index contributed by atoms with van der Waals surface area (Å²) >= 11 is 0. The molecule has 0 spiro atoms. The summed E-state index contributed by atoms with van der Waals surface area (Å²) in [6, 6.07) is 1.74. The van der Waals surface area contributed by atoms with Gasteiger partial charge < -0.3 is 10.6 Å². The van der Waals surface area contributed by atoms with Gasteiger partial charge in [0.15, 0.2) is 0 Å². The molecule has 1 saturated heterocycles. The van der Waals surface area contributed by atoms with Crippen LogP contribution in [0.25, 0.3) is 0 Å². The Morgan fingerprint density at radius 2 is 2.50 bits per heavy atom. The van der Waals surface area contributed by atoms with Gasteiger partial charge in [0.1, 0.15) is 11.9 Å². The van der Waals surface area contributed by atoms with E-state index in [0.29, 0.717) is 0 Å². The predicted molar refractivity (Wildman–Crippen MR) is 52.8 cm³/mol. The van der Waals surface area contributed by atoms with Crippen LogP contribution >= 0.6 is 0 Å². The SMILES string of the molecule is Cn1nccc1N1CCC[C@@H]1C(N)=O. The predicted octanol–water partition coefficient (Wildman–Crippen LogP) is -0.126. The molecule has 1 atom stereocenters. The monoisotopic (exact) mass is 194 g/mol. The molecule has 1 aromatic heterocycles. The Balaban J connectivity index is 2.26. The summed E-state index contributed by atoms with van der Waals surface area (Å²) in [7, 11) is 1.87. The lowest BCUT2D eigenvalue weighted by atomic mass is 10.2. The number of aryl methyl sites for hydroxylation is 1. The van der Waals surface area contributed by atoms with Crippen molar-refractivity contribution in [2.24, 2.45) is 12.8 Å². The van der Waals surface area contributed by atoms with Crippen molar-refractivity contribution in [1.82, 2.24) is 9.78 Å². The van der Waals surface area contributed by atoms with Crippen molar-refractivity contribution in [3.05, 3.63) is 12.3 Å². The number of carbonyl (C=O) groups excluding carboxylic acids is 1. The third-order valence-electron chi connectivity index (χ3n) is 2.67. The van der Waals surface area contributed by atoms with E-state index in [0.717, 1.165) is 25.2 Å². The summed E-state index contributed by atoms with van der Waals surface area (Å²) in [5.41, 5.74) is 5.33. The lowest BCUT2D eigenvalue weighted by Gasteiger charge is -2.23. The summed E-state index contributed by atoms with van der Waals surface area (Å²) < 4.78 is 1.77. The Morgan fingerprint density at radius 3 is 3.07 bits per heavy atom. The highest BCUT2D eigenvalue weighted by atomic mass is 16.1. The number of hydrogen-bond acceptors (Lipinski definition) is 3. The Bertz CT molecular complexity index is 346. The molecule has 0 aliphatic carbocycles. The van der Waals surface area contributed by atoms with Crippen LogP contribution in [-0.2, 0) is 11.8 Å². The lowest BCUT2D eigenvalue weighted by Crippen LogP contribution is -2.41. The first-order valence-electron chi connectivity index (χ1n) is 4.74. The van der Waals surface area contributed by atoms with Crippen molar-refractivity contribution in [3.8, 4) is 0 Å². The van der Waals surface area contributed by atoms with E-state index in [9.17, 15) is 4.79 Å². The van der Waals surface area contributed by atoms with E-state index in [2.05, 4.69) is 5.10 Å². The maximum atomic E-state index is 11.2. The summed E-state index contributed by atoms with van der Waals surface area (Å²) in [5.74, 6) is 0.718. The minimum absolute atomic E-state index is 0.162. The van der Waals surface area contributed by atoms with Gasteiger partial charge in [0.2, 0.25) is 5.91 Å². The molecule has 1 aromatic rings. The maximum absolute atomic E-state index is 11.2. The molecule has 0 saturated carbocycles. The fourth-order valence-corrected chi connectivity index (χ4v) is 1.99. The largest absolute Gasteiger partial charge is 0.368 e. The van der Waals surface area contributed by atoms with Gasteiger partial charge in [-0.2, -0.15) is 5.10 Å². The van der Waals surface area contributed by atoms with Gasteiger partial charge in [0.05, 0.1) is 6.20 Å². The van der Waals surface area contributed by atoms with E-state index in [1.807, 2.05) is 18.0 Å². The second-order valence-electron chi connectivity index (χ2n) is 3.57. The molecule has 5 heteroatoms. The highest BCUT2D eigenvalue weighted by Gasteiger charge is 2.30. The number of amides is 1. The van der Waals surface area contributed by atoms with E-state index >= 15 is 0 Å². The maximum Gasteiger partial charge on any atom is 0.240 e. The highest BCUT2D eigenvalue weighted by molar-refractivity contribution is 5.83. The zero-order valence-electron chi connectivity index (χ0n) is 8.18. The first-order chi connectivity index (χ1) is 6.70. The van der Waals surface area contributed by atoms with Crippen molar-refractivity contribution in [2.75, 3.05) is 11.4 Å². The van der Waals surface area contributed by atoms with Crippen LogP contribution in [0.4, 0.5) is 5.82 Å². The normalized spacial score (nSPS) is 21.5. The van der Waals surface area contributed by atoms with Crippen LogP contribution in [0.3, 0.4) is 0 Å². The van der Waals surface area contributed by atoms with E-state index in [4.69, 9.17) is 5.73 Å². The van der Waals surface area contributed by atoms with E-state index in [1.165, 1.54) is 0 Å². The molecular formula is C9H14N4O. The summed E-state index contributed by atoms with van der Waals surface area (Å²) in [4.78, 5) is 13.2. The minimum Gasteiger partial charge on any atom is -0.368 e. The van der Waals surface area contributed by atoms with Gasteiger partial charge in [-0.05, 0) is 12.8 Å². The average Bonchev–Trinajstić information content (AvgIpc) is 2.70. The van der Waals surface area contributed by atoms with Crippen LogP contribution in [-0.4, -0.2) is 28.3 Å². The summed E-state index contributed by atoms with van der Waals surface area (Å²) in [6.07, 6.45) is 3.59. The van der Waals surface area contributed by atoms with E-state index in [1.54, 1.807) is 10.9 Å². The van der Waals surface area contributed by atoms with Gasteiger partial charge in [0, 0.05) is 19.7 Å². The van der Waals surface area contributed by atoms with E-state index < -0.39 is 0 Å². The zero-order chi connectivity index (χ0) is 10.1. The molecule has 0 unspecified atom stereocenters. The molecule has 1 aliphatic heterocycles. The average molecular weight is 194 g/mol. The molecular weight excluding hydrogens is 180 g/mol. The Labute approximate surface area is 82.5 Å². The number of primary amides is 1. The van der Waals surface area contributed by atoms with Crippen molar-refractivity contribution >= 4 is 11.7 Å². The molecule has 1 fully saturated rings. The first kappa shape index (κ1) is 9.05. The van der Waals surface area contributed by atoms with Crippen LogP contribution in [0.2, 0.25) is 0 Å². The van der Waals surface area contributed by atoms with Crippen molar-refractivity contribution in [2.45, 2.75) is 18.9 Å². The topological polar surface area (TPSA) is 64.2 Å². The quantitative estimate of drug-likeness (QED) is 0.713. The van der Waals surface area contributed by atoms with Crippen LogP contribution in [0, 0.1) is 0 Å². The molecule has 0 aromatic carbocycles. The number of hydrogen-bond donors (Lipinski definition) is 1. The minimum atomic E-state index is -0.247. The number of nitrogens with two attached hydrogens (primary N) is 1. The fourth-order valence-electron chi connectivity index (χ4n) is 1.99.